The molecule has 142 valence electrons. The molecule has 10 heteroatoms. The summed E-state index contributed by atoms with van der Waals surface area (Å²) in [7, 11) is 0. The maximum Gasteiger partial charge on any atom is 0.293 e. The molecule has 0 bridgehead atoms. The second kappa shape index (κ2) is 9.70. The van der Waals surface area contributed by atoms with Crippen LogP contribution in [0.25, 0.3) is 0 Å². The van der Waals surface area contributed by atoms with E-state index in [1.807, 2.05) is 0 Å². The fourth-order valence-corrected chi connectivity index (χ4v) is 2.29. The van der Waals surface area contributed by atoms with Crippen molar-refractivity contribution in [2.24, 2.45) is 0 Å². The number of hydrazine groups is 1. The monoisotopic (exact) mass is 408 g/mol. The predicted octanol–water partition coefficient (Wildman–Crippen LogP) is 2.30. The van der Waals surface area contributed by atoms with E-state index in [9.17, 15) is 14.4 Å². The first-order valence-electron chi connectivity index (χ1n) is 7.85. The number of hydrogen-bond donors (Lipinski definition) is 4. The van der Waals surface area contributed by atoms with Gasteiger partial charge >= 0.3 is 0 Å². The molecule has 3 amide bonds. The summed E-state index contributed by atoms with van der Waals surface area (Å²) in [4.78, 5) is 35.4. The van der Waals surface area contributed by atoms with E-state index in [4.69, 9.17) is 28.2 Å². The van der Waals surface area contributed by atoms with Crippen LogP contribution in [-0.4, -0.2) is 22.8 Å². The number of carbonyl (C=O) groups is 3. The highest BCUT2D eigenvalue weighted by Gasteiger charge is 2.12. The molecule has 0 unspecified atom stereocenters. The van der Waals surface area contributed by atoms with Crippen molar-refractivity contribution in [1.82, 2.24) is 16.2 Å². The third kappa shape index (κ3) is 6.39. The van der Waals surface area contributed by atoms with Crippen LogP contribution < -0.4 is 21.5 Å². The number of nitrogens with one attached hydrogen (secondary N) is 4. The van der Waals surface area contributed by atoms with Gasteiger partial charge < -0.3 is 9.73 Å². The average molecular weight is 409 g/mol. The highest BCUT2D eigenvalue weighted by Crippen LogP contribution is 2.23. The maximum absolute atomic E-state index is 11.9. The number of benzene rings is 1. The lowest BCUT2D eigenvalue weighted by molar-refractivity contribution is -0.124. The smallest absolute Gasteiger partial charge is 0.293 e. The SMILES string of the molecule is Cc1c(Cl)cccc1NC(=O)CCC(=O)NNC(=S)NC(=O)c1ccco1. The van der Waals surface area contributed by atoms with E-state index < -0.39 is 11.8 Å². The van der Waals surface area contributed by atoms with E-state index in [0.29, 0.717) is 10.7 Å². The van der Waals surface area contributed by atoms with Crippen LogP contribution >= 0.6 is 23.8 Å². The van der Waals surface area contributed by atoms with Gasteiger partial charge in [-0.2, -0.15) is 0 Å². The predicted molar refractivity (Wildman–Crippen MR) is 104 cm³/mol. The van der Waals surface area contributed by atoms with Crippen molar-refractivity contribution >= 4 is 52.3 Å². The Labute approximate surface area is 165 Å². The van der Waals surface area contributed by atoms with Gasteiger partial charge in [-0.05, 0) is 49.0 Å². The largest absolute Gasteiger partial charge is 0.459 e. The summed E-state index contributed by atoms with van der Waals surface area (Å²) >= 11 is 10.9. The molecular formula is C17H17ClN4O4S. The molecule has 1 aromatic heterocycles. The molecule has 0 radical (unpaired) electrons. The normalized spacial score (nSPS) is 10.0. The summed E-state index contributed by atoms with van der Waals surface area (Å²) in [6.45, 7) is 1.78. The van der Waals surface area contributed by atoms with Gasteiger partial charge in [-0.1, -0.05) is 17.7 Å². The van der Waals surface area contributed by atoms with Crippen molar-refractivity contribution in [2.75, 3.05) is 5.32 Å². The Kier molecular flexibility index (Phi) is 7.33. The molecule has 4 N–H and O–H groups in total. The molecular weight excluding hydrogens is 392 g/mol. The van der Waals surface area contributed by atoms with Gasteiger partial charge in [0, 0.05) is 23.6 Å². The molecule has 0 atom stereocenters. The van der Waals surface area contributed by atoms with Crippen molar-refractivity contribution in [3.8, 4) is 0 Å². The molecule has 8 nitrogen and oxygen atoms in total. The van der Waals surface area contributed by atoms with Gasteiger partial charge in [-0.3, -0.25) is 30.6 Å². The van der Waals surface area contributed by atoms with E-state index in [2.05, 4.69) is 21.5 Å². The van der Waals surface area contributed by atoms with Gasteiger partial charge in [0.05, 0.1) is 6.26 Å². The fraction of sp³-hybridized carbons (Fsp3) is 0.176. The lowest BCUT2D eigenvalue weighted by Crippen LogP contribution is -2.48. The fourth-order valence-electron chi connectivity index (χ4n) is 1.98. The van der Waals surface area contributed by atoms with Gasteiger partial charge in [0.1, 0.15) is 0 Å². The van der Waals surface area contributed by atoms with Gasteiger partial charge in [-0.25, -0.2) is 0 Å². The van der Waals surface area contributed by atoms with E-state index in [1.165, 1.54) is 12.3 Å². The van der Waals surface area contributed by atoms with E-state index in [1.54, 1.807) is 31.2 Å². The standard InChI is InChI=1S/C17H17ClN4O4S/c1-10-11(18)4-2-5-12(10)19-14(23)7-8-15(24)21-22-17(27)20-16(25)13-6-3-9-26-13/h2-6,9H,7-8H2,1H3,(H,19,23)(H,21,24)(H2,20,22,25,27). The van der Waals surface area contributed by atoms with E-state index >= 15 is 0 Å². The van der Waals surface area contributed by atoms with E-state index in [-0.39, 0.29) is 29.6 Å². The number of furan rings is 1. The van der Waals surface area contributed by atoms with Crippen LogP contribution in [0, 0.1) is 6.92 Å². The zero-order valence-corrected chi connectivity index (χ0v) is 15.9. The third-order valence-corrected chi connectivity index (χ3v) is 4.02. The lowest BCUT2D eigenvalue weighted by atomic mass is 10.2. The van der Waals surface area contributed by atoms with Gasteiger partial charge in [0.2, 0.25) is 11.8 Å². The Hall–Kier alpha value is -2.91. The van der Waals surface area contributed by atoms with Gasteiger partial charge in [-0.15, -0.1) is 0 Å². The first-order valence-corrected chi connectivity index (χ1v) is 8.64. The third-order valence-electron chi connectivity index (χ3n) is 3.41. The average Bonchev–Trinajstić information content (AvgIpc) is 3.17. The number of amides is 3. The molecule has 1 aromatic carbocycles. The molecule has 2 rings (SSSR count). The van der Waals surface area contributed by atoms with Crippen molar-refractivity contribution < 1.29 is 18.8 Å². The zero-order valence-electron chi connectivity index (χ0n) is 14.3. The molecule has 0 saturated carbocycles. The van der Waals surface area contributed by atoms with Crippen LogP contribution in [0.1, 0.15) is 29.0 Å². The van der Waals surface area contributed by atoms with Gasteiger partial charge in [0.25, 0.3) is 5.91 Å². The highest BCUT2D eigenvalue weighted by atomic mass is 35.5. The van der Waals surface area contributed by atoms with Crippen LogP contribution in [0.15, 0.2) is 41.0 Å². The van der Waals surface area contributed by atoms with Crippen LogP contribution in [0.3, 0.4) is 0 Å². The Bertz CT molecular complexity index is 855. The number of thiocarbonyl (C=S) groups is 1. The molecule has 0 aliphatic carbocycles. The number of rotatable bonds is 5. The first kappa shape index (κ1) is 20.4. The first-order chi connectivity index (χ1) is 12.9. The van der Waals surface area contributed by atoms with Crippen LogP contribution in [-0.2, 0) is 9.59 Å². The Morgan fingerprint density at radius 2 is 1.81 bits per heavy atom. The second-order valence-corrected chi connectivity index (χ2v) is 6.21. The number of hydrogen-bond acceptors (Lipinski definition) is 5. The van der Waals surface area contributed by atoms with Crippen LogP contribution in [0.2, 0.25) is 5.02 Å². The minimum atomic E-state index is -0.553. The lowest BCUT2D eigenvalue weighted by Gasteiger charge is -2.11. The molecule has 0 saturated heterocycles. The van der Waals surface area contributed by atoms with Gasteiger partial charge in [0.15, 0.2) is 10.9 Å². The molecule has 27 heavy (non-hydrogen) atoms. The molecule has 2 aromatic rings. The van der Waals surface area contributed by atoms with Crippen LogP contribution in [0.5, 0.6) is 0 Å². The Morgan fingerprint density at radius 1 is 1.07 bits per heavy atom. The number of anilines is 1. The zero-order chi connectivity index (χ0) is 19.8. The molecule has 1 heterocycles. The Morgan fingerprint density at radius 3 is 2.52 bits per heavy atom. The second-order valence-electron chi connectivity index (χ2n) is 5.39. The molecule has 0 spiro atoms. The molecule has 0 aliphatic heterocycles. The summed E-state index contributed by atoms with van der Waals surface area (Å²) < 4.78 is 4.91. The number of carbonyl (C=O) groups excluding carboxylic acids is 3. The molecule has 0 aliphatic rings. The summed E-state index contributed by atoms with van der Waals surface area (Å²) in [5, 5.41) is 5.46. The van der Waals surface area contributed by atoms with Crippen molar-refractivity contribution in [1.29, 1.82) is 0 Å². The topological polar surface area (TPSA) is 112 Å². The quantitative estimate of drug-likeness (QED) is 0.446. The summed E-state index contributed by atoms with van der Waals surface area (Å²) in [6.07, 6.45) is 1.24. The van der Waals surface area contributed by atoms with E-state index in [0.717, 1.165) is 5.56 Å². The summed E-state index contributed by atoms with van der Waals surface area (Å²) in [6, 6.07) is 8.19. The minimum Gasteiger partial charge on any atom is -0.459 e. The van der Waals surface area contributed by atoms with Crippen molar-refractivity contribution in [3.05, 3.63) is 52.9 Å². The maximum atomic E-state index is 11.9. The number of halogens is 1. The van der Waals surface area contributed by atoms with Crippen molar-refractivity contribution in [2.45, 2.75) is 19.8 Å². The highest BCUT2D eigenvalue weighted by molar-refractivity contribution is 7.80. The van der Waals surface area contributed by atoms with Crippen molar-refractivity contribution in [3.63, 3.8) is 0 Å². The summed E-state index contributed by atoms with van der Waals surface area (Å²) in [5.74, 6) is -1.27. The minimum absolute atomic E-state index is 0.0367. The molecule has 0 fully saturated rings. The summed E-state index contributed by atoms with van der Waals surface area (Å²) in [5.41, 5.74) is 6.01. The van der Waals surface area contributed by atoms with Crippen LogP contribution in [0.4, 0.5) is 5.69 Å². The Balaban J connectivity index is 1.69.